The minimum Gasteiger partial charge on any atom is -0.337 e. The standard InChI is InChI=1S/C17H18FNOS/c1-19(11-13-7-2-4-8-14(13)18)17(20)16-10-12-6-3-5-9-15(12)21-16/h2,4,7-8,10H,3,5-6,9,11H2,1H3. The van der Waals surface area contributed by atoms with E-state index in [1.807, 2.05) is 6.07 Å². The van der Waals surface area contributed by atoms with E-state index < -0.39 is 0 Å². The molecule has 0 N–H and O–H groups in total. The largest absolute Gasteiger partial charge is 0.337 e. The maximum atomic E-state index is 13.7. The van der Waals surface area contributed by atoms with Crippen LogP contribution in [0.5, 0.6) is 0 Å². The zero-order valence-corrected chi connectivity index (χ0v) is 12.9. The summed E-state index contributed by atoms with van der Waals surface area (Å²) in [6, 6.07) is 8.63. The van der Waals surface area contributed by atoms with E-state index in [-0.39, 0.29) is 11.7 Å². The van der Waals surface area contributed by atoms with Crippen LogP contribution < -0.4 is 0 Å². The van der Waals surface area contributed by atoms with E-state index in [1.165, 1.54) is 29.3 Å². The second kappa shape index (κ2) is 5.98. The van der Waals surface area contributed by atoms with Gasteiger partial charge in [0.2, 0.25) is 0 Å². The Morgan fingerprint density at radius 1 is 1.29 bits per heavy atom. The van der Waals surface area contributed by atoms with Crippen molar-refractivity contribution < 1.29 is 9.18 Å². The van der Waals surface area contributed by atoms with Gasteiger partial charge in [-0.3, -0.25) is 4.79 Å². The summed E-state index contributed by atoms with van der Waals surface area (Å²) < 4.78 is 13.7. The molecule has 1 aromatic heterocycles. The highest BCUT2D eigenvalue weighted by atomic mass is 32.1. The van der Waals surface area contributed by atoms with Crippen LogP contribution in [0.3, 0.4) is 0 Å². The second-order valence-corrected chi connectivity index (χ2v) is 6.66. The van der Waals surface area contributed by atoms with E-state index in [0.717, 1.165) is 17.7 Å². The Balaban J connectivity index is 1.75. The molecule has 1 amide bonds. The number of nitrogens with zero attached hydrogens (tertiary/aromatic N) is 1. The summed E-state index contributed by atoms with van der Waals surface area (Å²) in [7, 11) is 1.73. The molecule has 0 unspecified atom stereocenters. The van der Waals surface area contributed by atoms with Gasteiger partial charge >= 0.3 is 0 Å². The molecule has 110 valence electrons. The van der Waals surface area contributed by atoms with Gasteiger partial charge in [-0.05, 0) is 43.4 Å². The molecule has 0 saturated carbocycles. The number of thiophene rings is 1. The summed E-state index contributed by atoms with van der Waals surface area (Å²) in [5, 5.41) is 0. The number of benzene rings is 1. The molecule has 1 aliphatic rings. The van der Waals surface area contributed by atoms with Crippen LogP contribution in [0.1, 0.15) is 38.5 Å². The van der Waals surface area contributed by atoms with Gasteiger partial charge in [-0.1, -0.05) is 18.2 Å². The van der Waals surface area contributed by atoms with Crippen LogP contribution in [-0.2, 0) is 19.4 Å². The van der Waals surface area contributed by atoms with Gasteiger partial charge in [-0.15, -0.1) is 11.3 Å². The Morgan fingerprint density at radius 2 is 2.05 bits per heavy atom. The Hall–Kier alpha value is -1.68. The number of carbonyl (C=O) groups excluding carboxylic acids is 1. The van der Waals surface area contributed by atoms with Crippen LogP contribution >= 0.6 is 11.3 Å². The van der Waals surface area contributed by atoms with Crippen molar-refractivity contribution in [3.05, 3.63) is 57.0 Å². The van der Waals surface area contributed by atoms with Gasteiger partial charge in [0.05, 0.1) is 4.88 Å². The Bertz CT molecular complexity index is 641. The van der Waals surface area contributed by atoms with Crippen LogP contribution in [0.2, 0.25) is 0 Å². The Kier molecular flexibility index (Phi) is 4.06. The van der Waals surface area contributed by atoms with Crippen molar-refractivity contribution in [3.8, 4) is 0 Å². The summed E-state index contributed by atoms with van der Waals surface area (Å²) in [5.41, 5.74) is 1.88. The molecule has 2 nitrogen and oxygen atoms in total. The number of hydrogen-bond acceptors (Lipinski definition) is 2. The van der Waals surface area contributed by atoms with Crippen molar-refractivity contribution in [2.75, 3.05) is 7.05 Å². The third-order valence-electron chi connectivity index (χ3n) is 3.92. The number of amides is 1. The second-order valence-electron chi connectivity index (χ2n) is 5.52. The minimum atomic E-state index is -0.261. The first-order valence-corrected chi connectivity index (χ1v) is 8.07. The topological polar surface area (TPSA) is 20.3 Å². The average Bonchev–Trinajstić information content (AvgIpc) is 2.92. The van der Waals surface area contributed by atoms with Gasteiger partial charge in [0.25, 0.3) is 5.91 Å². The molecular formula is C17H18FNOS. The number of aryl methyl sites for hydroxylation is 2. The first kappa shape index (κ1) is 14.3. The number of hydrogen-bond donors (Lipinski definition) is 0. The summed E-state index contributed by atoms with van der Waals surface area (Å²) in [6.45, 7) is 0.300. The lowest BCUT2D eigenvalue weighted by Gasteiger charge is -2.16. The maximum absolute atomic E-state index is 13.7. The van der Waals surface area contributed by atoms with Crippen LogP contribution in [0, 0.1) is 5.82 Å². The Labute approximate surface area is 128 Å². The number of halogens is 1. The van der Waals surface area contributed by atoms with Crippen LogP contribution in [0.25, 0.3) is 0 Å². The molecule has 0 fully saturated rings. The van der Waals surface area contributed by atoms with Crippen molar-refractivity contribution in [2.24, 2.45) is 0 Å². The summed E-state index contributed by atoms with van der Waals surface area (Å²) >= 11 is 1.60. The maximum Gasteiger partial charge on any atom is 0.263 e. The third-order valence-corrected chi connectivity index (χ3v) is 5.14. The molecule has 0 spiro atoms. The van der Waals surface area contributed by atoms with E-state index in [2.05, 4.69) is 0 Å². The monoisotopic (exact) mass is 303 g/mol. The van der Waals surface area contributed by atoms with Gasteiger partial charge in [0, 0.05) is 24.0 Å². The van der Waals surface area contributed by atoms with E-state index in [9.17, 15) is 9.18 Å². The summed E-state index contributed by atoms with van der Waals surface area (Å²) in [6.07, 6.45) is 4.59. The molecule has 0 bridgehead atoms. The smallest absolute Gasteiger partial charge is 0.263 e. The van der Waals surface area contributed by atoms with E-state index in [1.54, 1.807) is 41.5 Å². The van der Waals surface area contributed by atoms with E-state index in [0.29, 0.717) is 12.1 Å². The van der Waals surface area contributed by atoms with E-state index in [4.69, 9.17) is 0 Å². The molecule has 0 atom stereocenters. The van der Waals surface area contributed by atoms with Gasteiger partial charge < -0.3 is 4.90 Å². The quantitative estimate of drug-likeness (QED) is 0.838. The molecule has 0 radical (unpaired) electrons. The highest BCUT2D eigenvalue weighted by Crippen LogP contribution is 2.30. The first-order chi connectivity index (χ1) is 10.1. The molecule has 1 aliphatic carbocycles. The van der Waals surface area contributed by atoms with Crippen LogP contribution in [0.4, 0.5) is 4.39 Å². The minimum absolute atomic E-state index is 0.0161. The van der Waals surface area contributed by atoms with Gasteiger partial charge in [-0.2, -0.15) is 0 Å². The predicted octanol–water partition coefficient (Wildman–Crippen LogP) is 4.04. The molecular weight excluding hydrogens is 285 g/mol. The van der Waals surface area contributed by atoms with Crippen molar-refractivity contribution in [1.29, 1.82) is 0 Å². The molecule has 0 saturated heterocycles. The molecule has 4 heteroatoms. The lowest BCUT2D eigenvalue weighted by atomic mass is 9.99. The van der Waals surface area contributed by atoms with Gasteiger partial charge in [0.1, 0.15) is 5.82 Å². The fourth-order valence-corrected chi connectivity index (χ4v) is 3.99. The van der Waals surface area contributed by atoms with Crippen LogP contribution in [-0.4, -0.2) is 17.9 Å². The average molecular weight is 303 g/mol. The summed E-state index contributed by atoms with van der Waals surface area (Å²) in [5.74, 6) is -0.278. The van der Waals surface area contributed by atoms with Crippen molar-refractivity contribution in [1.82, 2.24) is 4.90 Å². The van der Waals surface area contributed by atoms with Crippen molar-refractivity contribution >= 4 is 17.2 Å². The number of rotatable bonds is 3. The highest BCUT2D eigenvalue weighted by molar-refractivity contribution is 7.14. The molecule has 1 heterocycles. The molecule has 21 heavy (non-hydrogen) atoms. The van der Waals surface area contributed by atoms with Crippen LogP contribution in [0.15, 0.2) is 30.3 Å². The van der Waals surface area contributed by atoms with Crippen molar-refractivity contribution in [2.45, 2.75) is 32.2 Å². The van der Waals surface area contributed by atoms with Gasteiger partial charge in [0.15, 0.2) is 0 Å². The fourth-order valence-electron chi connectivity index (χ4n) is 2.74. The van der Waals surface area contributed by atoms with Gasteiger partial charge in [-0.25, -0.2) is 4.39 Å². The molecule has 0 aliphatic heterocycles. The zero-order chi connectivity index (χ0) is 14.8. The molecule has 2 aromatic rings. The first-order valence-electron chi connectivity index (χ1n) is 7.25. The molecule has 1 aromatic carbocycles. The fraction of sp³-hybridized carbons (Fsp3) is 0.353. The third kappa shape index (κ3) is 3.00. The van der Waals surface area contributed by atoms with E-state index >= 15 is 0 Å². The van der Waals surface area contributed by atoms with Crippen molar-refractivity contribution in [3.63, 3.8) is 0 Å². The normalized spacial score (nSPS) is 13.8. The lowest BCUT2D eigenvalue weighted by molar-refractivity contribution is 0.0788. The SMILES string of the molecule is CN(Cc1ccccc1F)C(=O)c1cc2c(s1)CCCC2. The molecule has 3 rings (SSSR count). The lowest BCUT2D eigenvalue weighted by Crippen LogP contribution is -2.25. The number of fused-ring (bicyclic) bond motifs is 1. The predicted molar refractivity (Wildman–Crippen MR) is 83.2 cm³/mol. The summed E-state index contributed by atoms with van der Waals surface area (Å²) in [4.78, 5) is 16.2. The zero-order valence-electron chi connectivity index (χ0n) is 12.1. The highest BCUT2D eigenvalue weighted by Gasteiger charge is 2.20. The Morgan fingerprint density at radius 3 is 2.81 bits per heavy atom. The number of carbonyl (C=O) groups is 1.